The number of carboxylic acids is 1. The van der Waals surface area contributed by atoms with Gasteiger partial charge in [0.2, 0.25) is 0 Å². The number of halogens is 3. The summed E-state index contributed by atoms with van der Waals surface area (Å²) in [6.45, 7) is 0. The van der Waals surface area contributed by atoms with Crippen LogP contribution in [-0.4, -0.2) is 16.1 Å². The van der Waals surface area contributed by atoms with Crippen LogP contribution in [0.1, 0.15) is 21.5 Å². The fourth-order valence-corrected chi connectivity index (χ4v) is 2.65. The van der Waals surface area contributed by atoms with Gasteiger partial charge in [-0.2, -0.15) is 18.4 Å². The molecule has 0 aliphatic heterocycles. The van der Waals surface area contributed by atoms with E-state index in [0.29, 0.717) is 11.8 Å². The first kappa shape index (κ1) is 18.1. The Balaban J connectivity index is 2.21. The number of hydrogen-bond acceptors (Lipinski definition) is 3. The molecule has 0 unspecified atom stereocenters. The topological polar surface area (TPSA) is 74.0 Å². The number of hydrogen-bond donors (Lipinski definition) is 1. The van der Waals surface area contributed by atoms with E-state index in [1.807, 2.05) is 12.1 Å². The highest BCUT2D eigenvalue weighted by Gasteiger charge is 2.35. The van der Waals surface area contributed by atoms with Gasteiger partial charge in [-0.1, -0.05) is 36.4 Å². The molecule has 3 rings (SSSR count). The van der Waals surface area contributed by atoms with Gasteiger partial charge in [0, 0.05) is 11.1 Å². The molecule has 0 amide bonds. The van der Waals surface area contributed by atoms with E-state index in [-0.39, 0.29) is 16.8 Å². The van der Waals surface area contributed by atoms with E-state index >= 15 is 0 Å². The largest absolute Gasteiger partial charge is 0.478 e. The summed E-state index contributed by atoms with van der Waals surface area (Å²) in [5.74, 6) is -1.68. The van der Waals surface area contributed by atoms with E-state index < -0.39 is 23.3 Å². The third kappa shape index (κ3) is 3.65. The van der Waals surface area contributed by atoms with Crippen LogP contribution in [0.5, 0.6) is 0 Å². The van der Waals surface area contributed by atoms with Gasteiger partial charge in [-0.15, -0.1) is 0 Å². The summed E-state index contributed by atoms with van der Waals surface area (Å²) in [5, 5.41) is 18.3. The summed E-state index contributed by atoms with van der Waals surface area (Å²) in [7, 11) is 0. The van der Waals surface area contributed by atoms with Gasteiger partial charge in [0.05, 0.1) is 28.1 Å². The molecule has 1 heterocycles. The third-order valence-electron chi connectivity index (χ3n) is 3.91. The standard InChI is InChI=1S/C20H11F3N2O2/c21-20(22,23)16-10-13(6-8-15(16)19(26)27)18-14(11-24)7-9-17(25-18)12-4-2-1-3-5-12/h1-10H,(H,26,27). The molecule has 0 radical (unpaired) electrons. The van der Waals surface area contributed by atoms with Crippen LogP contribution in [0.25, 0.3) is 22.5 Å². The fourth-order valence-electron chi connectivity index (χ4n) is 2.65. The lowest BCUT2D eigenvalue weighted by Gasteiger charge is -2.13. The second kappa shape index (κ2) is 6.92. The van der Waals surface area contributed by atoms with Crippen molar-refractivity contribution in [2.45, 2.75) is 6.18 Å². The van der Waals surface area contributed by atoms with Crippen molar-refractivity contribution >= 4 is 5.97 Å². The van der Waals surface area contributed by atoms with Crippen molar-refractivity contribution in [3.63, 3.8) is 0 Å². The molecular formula is C20H11F3N2O2. The molecule has 0 saturated heterocycles. The second-order valence-electron chi connectivity index (χ2n) is 5.63. The van der Waals surface area contributed by atoms with Crippen molar-refractivity contribution in [1.82, 2.24) is 4.98 Å². The van der Waals surface area contributed by atoms with Crippen molar-refractivity contribution in [3.05, 3.63) is 77.4 Å². The minimum atomic E-state index is -4.85. The van der Waals surface area contributed by atoms with Crippen molar-refractivity contribution in [3.8, 4) is 28.6 Å². The number of rotatable bonds is 3. The molecule has 0 saturated carbocycles. The zero-order chi connectivity index (χ0) is 19.6. The molecule has 0 spiro atoms. The van der Waals surface area contributed by atoms with Crippen molar-refractivity contribution in [2.24, 2.45) is 0 Å². The first-order valence-electron chi connectivity index (χ1n) is 7.72. The minimum Gasteiger partial charge on any atom is -0.478 e. The highest BCUT2D eigenvalue weighted by atomic mass is 19.4. The predicted octanol–water partition coefficient (Wildman–Crippen LogP) is 5.00. The van der Waals surface area contributed by atoms with Gasteiger partial charge in [-0.3, -0.25) is 0 Å². The quantitative estimate of drug-likeness (QED) is 0.706. The molecule has 2 aromatic carbocycles. The maximum Gasteiger partial charge on any atom is 0.417 e. The Kier molecular flexibility index (Phi) is 4.65. The Labute approximate surface area is 152 Å². The van der Waals surface area contributed by atoms with E-state index in [4.69, 9.17) is 5.11 Å². The molecule has 27 heavy (non-hydrogen) atoms. The van der Waals surface area contributed by atoms with Gasteiger partial charge in [-0.05, 0) is 24.3 Å². The molecular weight excluding hydrogens is 357 g/mol. The van der Waals surface area contributed by atoms with E-state index in [0.717, 1.165) is 11.6 Å². The Morgan fingerprint density at radius 1 is 1.00 bits per heavy atom. The molecule has 3 aromatic rings. The van der Waals surface area contributed by atoms with Crippen LogP contribution in [0, 0.1) is 11.3 Å². The lowest BCUT2D eigenvalue weighted by atomic mass is 9.98. The average Bonchev–Trinajstić information content (AvgIpc) is 2.67. The summed E-state index contributed by atoms with van der Waals surface area (Å²) in [6, 6.07) is 16.8. The number of aromatic nitrogens is 1. The average molecular weight is 368 g/mol. The Morgan fingerprint density at radius 2 is 1.70 bits per heavy atom. The third-order valence-corrected chi connectivity index (χ3v) is 3.91. The van der Waals surface area contributed by atoms with Crippen LogP contribution in [0.3, 0.4) is 0 Å². The molecule has 134 valence electrons. The molecule has 0 aliphatic rings. The smallest absolute Gasteiger partial charge is 0.417 e. The van der Waals surface area contributed by atoms with Crippen LogP contribution in [0.4, 0.5) is 13.2 Å². The maximum absolute atomic E-state index is 13.3. The molecule has 0 bridgehead atoms. The van der Waals surface area contributed by atoms with E-state index in [1.54, 1.807) is 30.3 Å². The van der Waals surface area contributed by atoms with Crippen molar-refractivity contribution in [2.75, 3.05) is 0 Å². The molecule has 0 aliphatic carbocycles. The number of alkyl halides is 3. The first-order chi connectivity index (χ1) is 12.8. The van der Waals surface area contributed by atoms with Crippen LogP contribution < -0.4 is 0 Å². The minimum absolute atomic E-state index is 0.0154. The molecule has 1 aromatic heterocycles. The Bertz CT molecular complexity index is 1060. The fraction of sp³-hybridized carbons (Fsp3) is 0.0500. The van der Waals surface area contributed by atoms with E-state index in [1.165, 1.54) is 12.1 Å². The van der Waals surface area contributed by atoms with Crippen LogP contribution >= 0.6 is 0 Å². The number of carboxylic acid groups (broad SMARTS) is 1. The summed E-state index contributed by atoms with van der Waals surface area (Å²) in [4.78, 5) is 15.5. The summed E-state index contributed by atoms with van der Waals surface area (Å²) >= 11 is 0. The number of aromatic carboxylic acids is 1. The number of pyridine rings is 1. The molecule has 0 atom stereocenters. The summed E-state index contributed by atoms with van der Waals surface area (Å²) in [5.41, 5.74) is -0.761. The Hall–Kier alpha value is -3.66. The normalized spacial score (nSPS) is 11.0. The highest BCUT2D eigenvalue weighted by Crippen LogP contribution is 2.36. The van der Waals surface area contributed by atoms with Gasteiger partial charge in [0.25, 0.3) is 0 Å². The van der Waals surface area contributed by atoms with Gasteiger partial charge < -0.3 is 5.11 Å². The van der Waals surface area contributed by atoms with Crippen LogP contribution in [-0.2, 0) is 6.18 Å². The van der Waals surface area contributed by atoms with Gasteiger partial charge >= 0.3 is 12.1 Å². The van der Waals surface area contributed by atoms with Crippen LogP contribution in [0.2, 0.25) is 0 Å². The zero-order valence-corrected chi connectivity index (χ0v) is 13.7. The van der Waals surface area contributed by atoms with Crippen molar-refractivity contribution in [1.29, 1.82) is 5.26 Å². The molecule has 1 N–H and O–H groups in total. The number of carbonyl (C=O) groups is 1. The summed E-state index contributed by atoms with van der Waals surface area (Å²) < 4.78 is 39.8. The maximum atomic E-state index is 13.3. The Morgan fingerprint density at radius 3 is 2.30 bits per heavy atom. The lowest BCUT2D eigenvalue weighted by molar-refractivity contribution is -0.138. The molecule has 7 heteroatoms. The number of nitrogens with zero attached hydrogens (tertiary/aromatic N) is 2. The first-order valence-corrected chi connectivity index (χ1v) is 7.72. The number of nitriles is 1. The van der Waals surface area contributed by atoms with E-state index in [2.05, 4.69) is 4.98 Å². The monoisotopic (exact) mass is 368 g/mol. The van der Waals surface area contributed by atoms with Crippen molar-refractivity contribution < 1.29 is 23.1 Å². The SMILES string of the molecule is N#Cc1ccc(-c2ccccc2)nc1-c1ccc(C(=O)O)c(C(F)(F)F)c1. The lowest BCUT2D eigenvalue weighted by Crippen LogP contribution is -2.13. The predicted molar refractivity (Wildman–Crippen MR) is 91.8 cm³/mol. The molecule has 4 nitrogen and oxygen atoms in total. The van der Waals surface area contributed by atoms with Crippen LogP contribution in [0.15, 0.2) is 60.7 Å². The second-order valence-corrected chi connectivity index (χ2v) is 5.63. The van der Waals surface area contributed by atoms with Gasteiger partial charge in [-0.25, -0.2) is 9.78 Å². The zero-order valence-electron chi connectivity index (χ0n) is 13.7. The highest BCUT2D eigenvalue weighted by molar-refractivity contribution is 5.90. The molecule has 0 fully saturated rings. The number of benzene rings is 2. The van der Waals surface area contributed by atoms with Gasteiger partial charge in [0.15, 0.2) is 0 Å². The van der Waals surface area contributed by atoms with E-state index in [9.17, 15) is 23.2 Å². The summed E-state index contributed by atoms with van der Waals surface area (Å²) in [6.07, 6.45) is -4.85. The van der Waals surface area contributed by atoms with Gasteiger partial charge in [0.1, 0.15) is 6.07 Å².